The minimum atomic E-state index is -0.0135. The first-order chi connectivity index (χ1) is 11.6. The molecule has 2 aromatic rings. The molecule has 1 aliphatic rings. The molecule has 1 aliphatic heterocycles. The number of hydrogen-bond donors (Lipinski definition) is 0. The monoisotopic (exact) mass is 326 g/mol. The van der Waals surface area contributed by atoms with E-state index in [0.29, 0.717) is 38.2 Å². The quantitative estimate of drug-likeness (QED) is 0.855. The summed E-state index contributed by atoms with van der Waals surface area (Å²) in [5.41, 5.74) is 1.62. The Morgan fingerprint density at radius 1 is 1.12 bits per heavy atom. The molecule has 0 atom stereocenters. The summed E-state index contributed by atoms with van der Waals surface area (Å²) in [5.74, 6) is 0.109. The van der Waals surface area contributed by atoms with Gasteiger partial charge in [0.1, 0.15) is 0 Å². The van der Waals surface area contributed by atoms with Crippen molar-refractivity contribution in [1.82, 2.24) is 19.4 Å². The molecule has 1 saturated heterocycles. The first kappa shape index (κ1) is 16.2. The van der Waals surface area contributed by atoms with Crippen LogP contribution in [0.4, 0.5) is 0 Å². The average Bonchev–Trinajstić information content (AvgIpc) is 2.86. The largest absolute Gasteiger partial charge is 0.357 e. The van der Waals surface area contributed by atoms with E-state index in [1.807, 2.05) is 39.9 Å². The molecule has 1 fully saturated rings. The molecule has 24 heavy (non-hydrogen) atoms. The average molecular weight is 326 g/mol. The third-order valence-electron chi connectivity index (χ3n) is 4.29. The predicted molar refractivity (Wildman–Crippen MR) is 90.5 cm³/mol. The van der Waals surface area contributed by atoms with Gasteiger partial charge in [-0.05, 0) is 30.2 Å². The Kier molecular flexibility index (Phi) is 4.93. The number of nitrogens with zero attached hydrogens (tertiary/aromatic N) is 4. The summed E-state index contributed by atoms with van der Waals surface area (Å²) < 4.78 is 1.94. The smallest absolute Gasteiger partial charge is 0.255 e. The number of aryl methyl sites for hydroxylation is 1. The number of aromatic nitrogens is 2. The standard InChI is InChI=1S/C18H22N4O2/c1-20-9-5-15(14-20)12-17(23)21-7-3-8-22(11-10-21)18(24)16-4-2-6-19-13-16/h2,4-6,9,13-14H,3,7-8,10-12H2,1H3. The van der Waals surface area contributed by atoms with Gasteiger partial charge in [-0.1, -0.05) is 0 Å². The molecule has 0 N–H and O–H groups in total. The van der Waals surface area contributed by atoms with Gasteiger partial charge in [-0.2, -0.15) is 0 Å². The maximum atomic E-state index is 12.5. The Morgan fingerprint density at radius 2 is 1.92 bits per heavy atom. The topological polar surface area (TPSA) is 58.4 Å². The normalized spacial score (nSPS) is 15.2. The van der Waals surface area contributed by atoms with Crippen LogP contribution in [0.1, 0.15) is 22.3 Å². The van der Waals surface area contributed by atoms with Gasteiger partial charge in [0.05, 0.1) is 12.0 Å². The van der Waals surface area contributed by atoms with Crippen molar-refractivity contribution < 1.29 is 9.59 Å². The summed E-state index contributed by atoms with van der Waals surface area (Å²) in [6, 6.07) is 5.51. The van der Waals surface area contributed by atoms with E-state index in [1.165, 1.54) is 0 Å². The fraction of sp³-hybridized carbons (Fsp3) is 0.389. The molecule has 0 saturated carbocycles. The van der Waals surface area contributed by atoms with Crippen molar-refractivity contribution in [3.8, 4) is 0 Å². The lowest BCUT2D eigenvalue weighted by molar-refractivity contribution is -0.130. The molecule has 0 bridgehead atoms. The zero-order valence-corrected chi connectivity index (χ0v) is 13.9. The van der Waals surface area contributed by atoms with E-state index in [2.05, 4.69) is 4.98 Å². The number of carbonyl (C=O) groups is 2. The zero-order valence-electron chi connectivity index (χ0n) is 13.9. The van der Waals surface area contributed by atoms with Crippen LogP contribution in [0.3, 0.4) is 0 Å². The third-order valence-corrected chi connectivity index (χ3v) is 4.29. The van der Waals surface area contributed by atoms with E-state index in [-0.39, 0.29) is 11.8 Å². The SMILES string of the molecule is Cn1ccc(CC(=O)N2CCCN(C(=O)c3cccnc3)CC2)c1. The molecule has 0 radical (unpaired) electrons. The molecule has 2 aromatic heterocycles. The van der Waals surface area contributed by atoms with Gasteiger partial charge in [0.2, 0.25) is 5.91 Å². The zero-order chi connectivity index (χ0) is 16.9. The van der Waals surface area contributed by atoms with Crippen molar-refractivity contribution in [3.05, 3.63) is 54.1 Å². The van der Waals surface area contributed by atoms with Gasteiger partial charge in [0.25, 0.3) is 5.91 Å². The highest BCUT2D eigenvalue weighted by atomic mass is 16.2. The molecule has 3 heterocycles. The van der Waals surface area contributed by atoms with Crippen LogP contribution in [-0.2, 0) is 18.3 Å². The number of amides is 2. The van der Waals surface area contributed by atoms with E-state index in [4.69, 9.17) is 0 Å². The molecule has 0 aromatic carbocycles. The number of rotatable bonds is 3. The minimum Gasteiger partial charge on any atom is -0.357 e. The second kappa shape index (κ2) is 7.29. The summed E-state index contributed by atoms with van der Waals surface area (Å²) in [4.78, 5) is 32.7. The Bertz CT molecular complexity index is 711. The van der Waals surface area contributed by atoms with Crippen molar-refractivity contribution in [1.29, 1.82) is 0 Å². The Balaban J connectivity index is 1.58. The molecule has 0 spiro atoms. The van der Waals surface area contributed by atoms with Crippen LogP contribution in [0.15, 0.2) is 43.0 Å². The molecular formula is C18H22N4O2. The number of pyridine rings is 1. The molecule has 2 amide bonds. The minimum absolute atomic E-state index is 0.0135. The van der Waals surface area contributed by atoms with Gasteiger partial charge >= 0.3 is 0 Å². The van der Waals surface area contributed by atoms with Gasteiger partial charge in [0, 0.05) is 58.0 Å². The predicted octanol–water partition coefficient (Wildman–Crippen LogP) is 1.34. The van der Waals surface area contributed by atoms with Crippen molar-refractivity contribution in [2.75, 3.05) is 26.2 Å². The van der Waals surface area contributed by atoms with E-state index in [0.717, 1.165) is 12.0 Å². The van der Waals surface area contributed by atoms with Crippen molar-refractivity contribution in [2.45, 2.75) is 12.8 Å². The molecule has 0 aliphatic carbocycles. The maximum absolute atomic E-state index is 12.5. The lowest BCUT2D eigenvalue weighted by atomic mass is 10.2. The highest BCUT2D eigenvalue weighted by Gasteiger charge is 2.23. The van der Waals surface area contributed by atoms with Crippen LogP contribution in [0.5, 0.6) is 0 Å². The summed E-state index contributed by atoms with van der Waals surface area (Å²) >= 11 is 0. The molecule has 6 nitrogen and oxygen atoms in total. The highest BCUT2D eigenvalue weighted by molar-refractivity contribution is 5.94. The van der Waals surface area contributed by atoms with E-state index >= 15 is 0 Å². The van der Waals surface area contributed by atoms with E-state index in [9.17, 15) is 9.59 Å². The fourth-order valence-corrected chi connectivity index (χ4v) is 2.99. The molecular weight excluding hydrogens is 304 g/mol. The summed E-state index contributed by atoms with van der Waals surface area (Å²) in [6.07, 6.45) is 8.37. The number of hydrogen-bond acceptors (Lipinski definition) is 3. The van der Waals surface area contributed by atoms with Gasteiger partial charge < -0.3 is 14.4 Å². The number of carbonyl (C=O) groups excluding carboxylic acids is 2. The van der Waals surface area contributed by atoms with Gasteiger partial charge in [-0.25, -0.2) is 0 Å². The Hall–Kier alpha value is -2.63. The van der Waals surface area contributed by atoms with Gasteiger partial charge in [-0.3, -0.25) is 14.6 Å². The van der Waals surface area contributed by atoms with Gasteiger partial charge in [0.15, 0.2) is 0 Å². The van der Waals surface area contributed by atoms with Crippen molar-refractivity contribution in [2.24, 2.45) is 7.05 Å². The first-order valence-electron chi connectivity index (χ1n) is 8.21. The van der Waals surface area contributed by atoms with Crippen LogP contribution in [0, 0.1) is 0 Å². The summed E-state index contributed by atoms with van der Waals surface area (Å²) in [5, 5.41) is 0. The van der Waals surface area contributed by atoms with Crippen LogP contribution in [-0.4, -0.2) is 57.3 Å². The lowest BCUT2D eigenvalue weighted by Crippen LogP contribution is -2.38. The highest BCUT2D eigenvalue weighted by Crippen LogP contribution is 2.10. The third kappa shape index (κ3) is 3.82. The van der Waals surface area contributed by atoms with Crippen LogP contribution in [0.2, 0.25) is 0 Å². The van der Waals surface area contributed by atoms with E-state index < -0.39 is 0 Å². The van der Waals surface area contributed by atoms with E-state index in [1.54, 1.807) is 24.5 Å². The van der Waals surface area contributed by atoms with Crippen LogP contribution < -0.4 is 0 Å². The summed E-state index contributed by atoms with van der Waals surface area (Å²) in [7, 11) is 1.95. The Labute approximate surface area is 141 Å². The molecule has 3 rings (SSSR count). The van der Waals surface area contributed by atoms with Crippen LogP contribution in [0.25, 0.3) is 0 Å². The maximum Gasteiger partial charge on any atom is 0.255 e. The van der Waals surface area contributed by atoms with Gasteiger partial charge in [-0.15, -0.1) is 0 Å². The second-order valence-corrected chi connectivity index (χ2v) is 6.13. The van der Waals surface area contributed by atoms with Crippen molar-refractivity contribution >= 4 is 11.8 Å². The van der Waals surface area contributed by atoms with Crippen molar-refractivity contribution in [3.63, 3.8) is 0 Å². The second-order valence-electron chi connectivity index (χ2n) is 6.13. The molecule has 126 valence electrons. The first-order valence-corrected chi connectivity index (χ1v) is 8.21. The molecule has 0 unspecified atom stereocenters. The Morgan fingerprint density at radius 3 is 2.62 bits per heavy atom. The molecule has 6 heteroatoms. The fourth-order valence-electron chi connectivity index (χ4n) is 2.99. The summed E-state index contributed by atoms with van der Waals surface area (Å²) in [6.45, 7) is 2.51. The van der Waals surface area contributed by atoms with Crippen LogP contribution >= 0.6 is 0 Å². The lowest BCUT2D eigenvalue weighted by Gasteiger charge is -2.22.